The summed E-state index contributed by atoms with van der Waals surface area (Å²) in [7, 11) is 0. The third-order valence-corrected chi connectivity index (χ3v) is 2.37. The van der Waals surface area contributed by atoms with E-state index in [0.717, 1.165) is 6.42 Å². The lowest BCUT2D eigenvalue weighted by molar-refractivity contribution is -0.136. The Morgan fingerprint density at radius 1 is 1.39 bits per heavy atom. The number of alkyl halides is 3. The van der Waals surface area contributed by atoms with Crippen LogP contribution in [0.15, 0.2) is 18.5 Å². The van der Waals surface area contributed by atoms with Gasteiger partial charge in [0.2, 0.25) is 0 Å². The summed E-state index contributed by atoms with van der Waals surface area (Å²) in [5, 5.41) is 0. The van der Waals surface area contributed by atoms with Gasteiger partial charge in [-0.25, -0.2) is 0 Å². The van der Waals surface area contributed by atoms with Crippen molar-refractivity contribution in [1.29, 1.82) is 0 Å². The van der Waals surface area contributed by atoms with Gasteiger partial charge in [-0.2, -0.15) is 13.2 Å². The maximum atomic E-state index is 12.1. The van der Waals surface area contributed by atoms with Gasteiger partial charge in [0, 0.05) is 18.7 Å². The van der Waals surface area contributed by atoms with Crippen LogP contribution in [0.1, 0.15) is 37.8 Å². The fourth-order valence-electron chi connectivity index (χ4n) is 1.42. The number of aromatic nitrogens is 1. The second-order valence-electron chi connectivity index (χ2n) is 4.06. The lowest BCUT2D eigenvalue weighted by Crippen LogP contribution is -2.16. The zero-order valence-electron chi connectivity index (χ0n) is 10.2. The molecule has 18 heavy (non-hydrogen) atoms. The molecule has 0 saturated carbocycles. The van der Waals surface area contributed by atoms with Crippen molar-refractivity contribution in [3.8, 4) is 5.75 Å². The topological polar surface area (TPSA) is 48.1 Å². The molecule has 0 radical (unpaired) electrons. The highest BCUT2D eigenvalue weighted by Crippen LogP contribution is 2.27. The first-order valence-electron chi connectivity index (χ1n) is 5.82. The molecule has 0 aromatic carbocycles. The van der Waals surface area contributed by atoms with Gasteiger partial charge in [0.1, 0.15) is 5.75 Å². The molecule has 0 aliphatic carbocycles. The molecule has 102 valence electrons. The van der Waals surface area contributed by atoms with Crippen molar-refractivity contribution in [1.82, 2.24) is 4.98 Å². The molecule has 0 aliphatic rings. The smallest absolute Gasteiger partial charge is 0.389 e. The van der Waals surface area contributed by atoms with E-state index >= 15 is 0 Å². The first-order valence-corrected chi connectivity index (χ1v) is 5.82. The summed E-state index contributed by atoms with van der Waals surface area (Å²) in [5.74, 6) is 0.539. The maximum Gasteiger partial charge on any atom is 0.389 e. The van der Waals surface area contributed by atoms with Crippen LogP contribution in [-0.4, -0.2) is 17.8 Å². The third-order valence-electron chi connectivity index (χ3n) is 2.37. The molecule has 6 heteroatoms. The Balaban J connectivity index is 2.59. The molecule has 1 atom stereocenters. The van der Waals surface area contributed by atoms with E-state index in [0.29, 0.717) is 17.9 Å². The van der Waals surface area contributed by atoms with E-state index in [9.17, 15) is 13.2 Å². The van der Waals surface area contributed by atoms with Crippen molar-refractivity contribution in [2.24, 2.45) is 5.73 Å². The fraction of sp³-hybridized carbons (Fsp3) is 0.583. The van der Waals surface area contributed by atoms with Crippen molar-refractivity contribution < 1.29 is 17.9 Å². The molecule has 0 fully saturated rings. The summed E-state index contributed by atoms with van der Waals surface area (Å²) in [6.45, 7) is 2.51. The Bertz CT molecular complexity index is 369. The number of nitrogens with two attached hydrogens (primary N) is 1. The highest BCUT2D eigenvalue weighted by Gasteiger charge is 2.27. The Morgan fingerprint density at radius 2 is 2.11 bits per heavy atom. The molecule has 1 heterocycles. The predicted molar refractivity (Wildman–Crippen MR) is 62.2 cm³/mol. The fourth-order valence-corrected chi connectivity index (χ4v) is 1.42. The third kappa shape index (κ3) is 5.35. The van der Waals surface area contributed by atoms with Crippen LogP contribution in [0.5, 0.6) is 5.75 Å². The minimum Gasteiger partial charge on any atom is -0.492 e. The molecule has 0 amide bonds. The molecule has 0 aliphatic heterocycles. The van der Waals surface area contributed by atoms with Gasteiger partial charge in [0.15, 0.2) is 0 Å². The number of hydrogen-bond acceptors (Lipinski definition) is 3. The minimum absolute atomic E-state index is 0.150. The quantitative estimate of drug-likeness (QED) is 0.856. The van der Waals surface area contributed by atoms with Crippen molar-refractivity contribution in [2.45, 2.75) is 38.4 Å². The van der Waals surface area contributed by atoms with E-state index in [1.54, 1.807) is 6.07 Å². The molecule has 1 aromatic heterocycles. The second kappa shape index (κ2) is 6.58. The van der Waals surface area contributed by atoms with Crippen LogP contribution in [0.3, 0.4) is 0 Å². The van der Waals surface area contributed by atoms with Crippen molar-refractivity contribution in [3.63, 3.8) is 0 Å². The zero-order chi connectivity index (χ0) is 13.6. The molecular weight excluding hydrogens is 245 g/mol. The van der Waals surface area contributed by atoms with Gasteiger partial charge in [0.05, 0.1) is 12.8 Å². The lowest BCUT2D eigenvalue weighted by Gasteiger charge is -2.14. The van der Waals surface area contributed by atoms with Crippen LogP contribution in [0, 0.1) is 0 Å². The molecule has 0 saturated heterocycles. The lowest BCUT2D eigenvalue weighted by atomic mass is 10.0. The van der Waals surface area contributed by atoms with Gasteiger partial charge in [-0.3, -0.25) is 4.98 Å². The van der Waals surface area contributed by atoms with Crippen molar-refractivity contribution in [3.05, 3.63) is 24.0 Å². The molecular formula is C12H17F3N2O. The number of halogens is 3. The van der Waals surface area contributed by atoms with Crippen LogP contribution in [-0.2, 0) is 0 Å². The highest BCUT2D eigenvalue weighted by atomic mass is 19.4. The Kier molecular flexibility index (Phi) is 5.40. The van der Waals surface area contributed by atoms with E-state index in [2.05, 4.69) is 4.98 Å². The Labute approximate surface area is 104 Å². The number of nitrogens with zero attached hydrogens (tertiary/aromatic N) is 1. The molecule has 1 aromatic rings. The van der Waals surface area contributed by atoms with E-state index < -0.39 is 18.6 Å². The number of hydrogen-bond donors (Lipinski definition) is 1. The SMILES string of the molecule is CCCOc1cncc(C(N)CCC(F)(F)F)c1. The largest absolute Gasteiger partial charge is 0.492 e. The molecule has 2 N–H and O–H groups in total. The van der Waals surface area contributed by atoms with Crippen LogP contribution in [0.4, 0.5) is 13.2 Å². The number of ether oxygens (including phenoxy) is 1. The summed E-state index contributed by atoms with van der Waals surface area (Å²) in [5.41, 5.74) is 6.27. The van der Waals surface area contributed by atoms with E-state index in [4.69, 9.17) is 10.5 Å². The summed E-state index contributed by atoms with van der Waals surface area (Å²) in [6, 6.07) is 0.966. The van der Waals surface area contributed by atoms with E-state index in [1.165, 1.54) is 12.4 Å². The van der Waals surface area contributed by atoms with Crippen LogP contribution in [0.25, 0.3) is 0 Å². The van der Waals surface area contributed by atoms with Crippen LogP contribution < -0.4 is 10.5 Å². The van der Waals surface area contributed by atoms with Gasteiger partial charge < -0.3 is 10.5 Å². The zero-order valence-corrected chi connectivity index (χ0v) is 10.2. The summed E-state index contributed by atoms with van der Waals surface area (Å²) >= 11 is 0. The molecule has 3 nitrogen and oxygen atoms in total. The second-order valence-corrected chi connectivity index (χ2v) is 4.06. The van der Waals surface area contributed by atoms with E-state index in [-0.39, 0.29) is 6.42 Å². The van der Waals surface area contributed by atoms with Gasteiger partial charge in [0.25, 0.3) is 0 Å². The predicted octanol–water partition coefficient (Wildman–Crippen LogP) is 3.21. The van der Waals surface area contributed by atoms with Gasteiger partial charge >= 0.3 is 6.18 Å². The Morgan fingerprint density at radius 3 is 2.72 bits per heavy atom. The average Bonchev–Trinajstić information content (AvgIpc) is 2.33. The average molecular weight is 262 g/mol. The standard InChI is InChI=1S/C12H17F3N2O/c1-2-5-18-10-6-9(7-17-8-10)11(16)3-4-12(13,14)15/h6-8,11H,2-5,16H2,1H3. The minimum atomic E-state index is -4.18. The van der Waals surface area contributed by atoms with Gasteiger partial charge in [-0.1, -0.05) is 6.92 Å². The Hall–Kier alpha value is -1.30. The normalized spacial score (nSPS) is 13.4. The van der Waals surface area contributed by atoms with Crippen LogP contribution in [0.2, 0.25) is 0 Å². The molecule has 1 unspecified atom stereocenters. The summed E-state index contributed by atoms with van der Waals surface area (Å²) in [6.07, 6.45) is -1.38. The first-order chi connectivity index (χ1) is 8.42. The maximum absolute atomic E-state index is 12.1. The first kappa shape index (κ1) is 14.8. The number of rotatable bonds is 6. The summed E-state index contributed by atoms with van der Waals surface area (Å²) < 4.78 is 41.6. The monoisotopic (exact) mass is 262 g/mol. The molecule has 0 bridgehead atoms. The summed E-state index contributed by atoms with van der Waals surface area (Å²) in [4.78, 5) is 3.92. The molecule has 0 spiro atoms. The van der Waals surface area contributed by atoms with Gasteiger partial charge in [-0.15, -0.1) is 0 Å². The van der Waals surface area contributed by atoms with E-state index in [1.807, 2.05) is 6.92 Å². The van der Waals surface area contributed by atoms with Crippen molar-refractivity contribution >= 4 is 0 Å². The number of pyridine rings is 1. The highest BCUT2D eigenvalue weighted by molar-refractivity contribution is 5.25. The van der Waals surface area contributed by atoms with Crippen LogP contribution >= 0.6 is 0 Å². The molecule has 1 rings (SSSR count). The van der Waals surface area contributed by atoms with Crippen molar-refractivity contribution in [2.75, 3.05) is 6.61 Å². The van der Waals surface area contributed by atoms with Gasteiger partial charge in [-0.05, 0) is 24.5 Å².